The molecule has 0 saturated heterocycles. The highest BCUT2D eigenvalue weighted by molar-refractivity contribution is 5.38. The minimum atomic E-state index is -0.703. The Morgan fingerprint density at radius 2 is 2.25 bits per heavy atom. The highest BCUT2D eigenvalue weighted by atomic mass is 16.5. The van der Waals surface area contributed by atoms with Crippen molar-refractivity contribution in [3.63, 3.8) is 0 Å². The molecule has 1 fully saturated rings. The van der Waals surface area contributed by atoms with Gasteiger partial charge in [0.15, 0.2) is 5.75 Å². The van der Waals surface area contributed by atoms with Gasteiger partial charge in [-0.25, -0.2) is 0 Å². The van der Waals surface area contributed by atoms with Crippen molar-refractivity contribution in [2.75, 3.05) is 7.11 Å². The number of aromatic nitrogens is 2. The largest absolute Gasteiger partial charge is 0.493 e. The first-order valence-electron chi connectivity index (χ1n) is 7.12. The Morgan fingerprint density at radius 3 is 2.90 bits per heavy atom. The molecular weight excluding hydrogens is 252 g/mol. The number of hydrogen-bond donors (Lipinski definition) is 1. The molecule has 1 unspecified atom stereocenters. The molecular formula is C16H20N2O2. The molecule has 2 aromatic rings. The van der Waals surface area contributed by atoms with Crippen LogP contribution in [0.25, 0.3) is 0 Å². The molecule has 1 aliphatic rings. The quantitative estimate of drug-likeness (QED) is 0.910. The van der Waals surface area contributed by atoms with E-state index in [4.69, 9.17) is 4.74 Å². The van der Waals surface area contributed by atoms with Crippen molar-refractivity contribution in [2.45, 2.75) is 38.3 Å². The third-order valence-corrected chi connectivity index (χ3v) is 3.90. The number of aliphatic hydroxyl groups is 1. The Balaban J connectivity index is 1.97. The minimum Gasteiger partial charge on any atom is -0.493 e. The average Bonchev–Trinajstić information content (AvgIpc) is 3.26. The average molecular weight is 272 g/mol. The Bertz CT molecular complexity index is 581. The van der Waals surface area contributed by atoms with E-state index in [-0.39, 0.29) is 0 Å². The van der Waals surface area contributed by atoms with Gasteiger partial charge in [0, 0.05) is 6.54 Å². The van der Waals surface area contributed by atoms with Crippen molar-refractivity contribution in [1.82, 2.24) is 9.78 Å². The highest BCUT2D eigenvalue weighted by Gasteiger charge is 2.26. The number of benzene rings is 1. The summed E-state index contributed by atoms with van der Waals surface area (Å²) in [6.07, 6.45) is 3.48. The van der Waals surface area contributed by atoms with Crippen molar-refractivity contribution in [3.8, 4) is 5.75 Å². The van der Waals surface area contributed by atoms with Crippen LogP contribution in [0.15, 0.2) is 30.5 Å². The van der Waals surface area contributed by atoms with Crippen LogP contribution >= 0.6 is 0 Å². The van der Waals surface area contributed by atoms with Crippen LogP contribution < -0.4 is 4.74 Å². The fraction of sp³-hybridized carbons (Fsp3) is 0.438. The molecule has 0 radical (unpaired) electrons. The van der Waals surface area contributed by atoms with Gasteiger partial charge in [0.1, 0.15) is 11.8 Å². The minimum absolute atomic E-state index is 0.635. The monoisotopic (exact) mass is 272 g/mol. The zero-order chi connectivity index (χ0) is 14.1. The lowest BCUT2D eigenvalue weighted by atomic mass is 10.0. The highest BCUT2D eigenvalue weighted by Crippen LogP contribution is 2.41. The molecule has 1 saturated carbocycles. The van der Waals surface area contributed by atoms with Gasteiger partial charge in [0.05, 0.1) is 13.3 Å². The number of methoxy groups -OCH3 is 1. The second-order valence-corrected chi connectivity index (χ2v) is 5.26. The normalized spacial score (nSPS) is 16.1. The molecule has 1 aliphatic carbocycles. The molecule has 1 aromatic heterocycles. The van der Waals surface area contributed by atoms with Crippen molar-refractivity contribution in [1.29, 1.82) is 0 Å². The summed E-state index contributed by atoms with van der Waals surface area (Å²) < 4.78 is 7.10. The molecule has 20 heavy (non-hydrogen) atoms. The first kappa shape index (κ1) is 13.2. The fourth-order valence-corrected chi connectivity index (χ4v) is 2.62. The molecule has 4 nitrogen and oxygen atoms in total. The molecule has 0 amide bonds. The number of nitrogens with zero attached hydrogens (tertiary/aromatic N) is 2. The van der Waals surface area contributed by atoms with E-state index in [1.54, 1.807) is 18.0 Å². The molecule has 0 aliphatic heterocycles. The maximum atomic E-state index is 10.7. The first-order chi connectivity index (χ1) is 9.74. The van der Waals surface area contributed by atoms with E-state index < -0.39 is 6.10 Å². The SMILES string of the molecule is CCn1ncc(OC)c1C(O)c1cccc(C2CC2)c1. The van der Waals surface area contributed by atoms with Crippen LogP contribution in [0.5, 0.6) is 5.75 Å². The van der Waals surface area contributed by atoms with E-state index >= 15 is 0 Å². The van der Waals surface area contributed by atoms with Gasteiger partial charge >= 0.3 is 0 Å². The van der Waals surface area contributed by atoms with Crippen LogP contribution in [0.1, 0.15) is 48.6 Å². The lowest BCUT2D eigenvalue weighted by molar-refractivity contribution is 0.202. The molecule has 1 atom stereocenters. The molecule has 1 aromatic carbocycles. The Morgan fingerprint density at radius 1 is 1.45 bits per heavy atom. The van der Waals surface area contributed by atoms with Gasteiger partial charge in [-0.3, -0.25) is 4.68 Å². The van der Waals surface area contributed by atoms with Crippen LogP contribution in [0.3, 0.4) is 0 Å². The standard InChI is InChI=1S/C16H20N2O2/c1-3-18-15(14(20-2)10-17-18)16(19)13-6-4-5-12(9-13)11-7-8-11/h4-6,9-11,16,19H,3,7-8H2,1-2H3. The summed E-state index contributed by atoms with van der Waals surface area (Å²) in [6, 6.07) is 8.23. The lowest BCUT2D eigenvalue weighted by Gasteiger charge is -2.15. The van der Waals surface area contributed by atoms with Gasteiger partial charge in [-0.2, -0.15) is 5.10 Å². The van der Waals surface area contributed by atoms with E-state index in [9.17, 15) is 5.11 Å². The molecule has 1 N–H and O–H groups in total. The van der Waals surface area contributed by atoms with Crippen LogP contribution in [-0.2, 0) is 6.54 Å². The van der Waals surface area contributed by atoms with Gasteiger partial charge in [-0.1, -0.05) is 24.3 Å². The van der Waals surface area contributed by atoms with Gasteiger partial charge in [-0.15, -0.1) is 0 Å². The summed E-state index contributed by atoms with van der Waals surface area (Å²) in [4.78, 5) is 0. The second-order valence-electron chi connectivity index (χ2n) is 5.26. The number of ether oxygens (including phenoxy) is 1. The summed E-state index contributed by atoms with van der Waals surface area (Å²) >= 11 is 0. The molecule has 3 rings (SSSR count). The zero-order valence-corrected chi connectivity index (χ0v) is 11.9. The zero-order valence-electron chi connectivity index (χ0n) is 11.9. The summed E-state index contributed by atoms with van der Waals surface area (Å²) in [7, 11) is 1.61. The second kappa shape index (κ2) is 5.29. The third-order valence-electron chi connectivity index (χ3n) is 3.90. The van der Waals surface area contributed by atoms with Crippen molar-refractivity contribution >= 4 is 0 Å². The molecule has 1 heterocycles. The first-order valence-corrected chi connectivity index (χ1v) is 7.12. The fourth-order valence-electron chi connectivity index (χ4n) is 2.62. The Hall–Kier alpha value is -1.81. The molecule has 0 bridgehead atoms. The van der Waals surface area contributed by atoms with Gasteiger partial charge in [-0.05, 0) is 36.8 Å². The summed E-state index contributed by atoms with van der Waals surface area (Å²) in [6.45, 7) is 2.71. The van der Waals surface area contributed by atoms with Gasteiger partial charge in [0.2, 0.25) is 0 Å². The van der Waals surface area contributed by atoms with Crippen LogP contribution in [-0.4, -0.2) is 22.0 Å². The number of aryl methyl sites for hydroxylation is 1. The molecule has 106 valence electrons. The Kier molecular flexibility index (Phi) is 3.49. The smallest absolute Gasteiger partial charge is 0.163 e. The summed E-state index contributed by atoms with van der Waals surface area (Å²) in [5.74, 6) is 1.32. The van der Waals surface area contributed by atoms with Crippen molar-refractivity contribution in [3.05, 3.63) is 47.3 Å². The maximum absolute atomic E-state index is 10.7. The molecule has 0 spiro atoms. The van der Waals surface area contributed by atoms with Gasteiger partial charge in [0.25, 0.3) is 0 Å². The van der Waals surface area contributed by atoms with E-state index in [0.717, 1.165) is 11.3 Å². The van der Waals surface area contributed by atoms with Gasteiger partial charge < -0.3 is 9.84 Å². The predicted octanol–water partition coefficient (Wildman–Crippen LogP) is 2.87. The maximum Gasteiger partial charge on any atom is 0.163 e. The van der Waals surface area contributed by atoms with Crippen LogP contribution in [0, 0.1) is 0 Å². The van der Waals surface area contributed by atoms with E-state index in [1.807, 2.05) is 19.1 Å². The topological polar surface area (TPSA) is 47.3 Å². The number of hydrogen-bond acceptors (Lipinski definition) is 3. The summed E-state index contributed by atoms with van der Waals surface area (Å²) in [5, 5.41) is 14.9. The van der Waals surface area contributed by atoms with E-state index in [1.165, 1.54) is 18.4 Å². The predicted molar refractivity (Wildman–Crippen MR) is 76.9 cm³/mol. The lowest BCUT2D eigenvalue weighted by Crippen LogP contribution is -2.10. The third kappa shape index (κ3) is 2.31. The van der Waals surface area contributed by atoms with Crippen LogP contribution in [0.2, 0.25) is 0 Å². The van der Waals surface area contributed by atoms with Crippen LogP contribution in [0.4, 0.5) is 0 Å². The number of rotatable bonds is 5. The van der Waals surface area contributed by atoms with Crippen molar-refractivity contribution < 1.29 is 9.84 Å². The van der Waals surface area contributed by atoms with Crippen molar-refractivity contribution in [2.24, 2.45) is 0 Å². The Labute approximate surface area is 119 Å². The molecule has 4 heteroatoms. The van der Waals surface area contributed by atoms with E-state index in [2.05, 4.69) is 17.2 Å². The number of aliphatic hydroxyl groups excluding tert-OH is 1. The summed E-state index contributed by atoms with van der Waals surface area (Å²) in [5.41, 5.74) is 2.95. The van der Waals surface area contributed by atoms with E-state index in [0.29, 0.717) is 18.2 Å².